The number of nitrogens with one attached hydrogen (secondary N) is 1. The van der Waals surface area contributed by atoms with Gasteiger partial charge in [-0.25, -0.2) is 0 Å². The third-order valence-corrected chi connectivity index (χ3v) is 4.65. The molecule has 1 N–H and O–H groups in total. The summed E-state index contributed by atoms with van der Waals surface area (Å²) in [5, 5.41) is 4.17. The second kappa shape index (κ2) is 6.42. The van der Waals surface area contributed by atoms with Crippen LogP contribution in [-0.2, 0) is 13.0 Å². The molecule has 5 nitrogen and oxygen atoms in total. The molecule has 0 amide bonds. The number of para-hydroxylation sites is 1. The van der Waals surface area contributed by atoms with Crippen LogP contribution in [-0.4, -0.2) is 26.6 Å². The number of methoxy groups -OCH3 is 1. The van der Waals surface area contributed by atoms with Crippen molar-refractivity contribution >= 4 is 11.6 Å². The minimum atomic E-state index is 0.214. The highest BCUT2D eigenvalue weighted by Crippen LogP contribution is 2.37. The normalized spacial score (nSPS) is 18.0. The maximum absolute atomic E-state index is 6.32. The van der Waals surface area contributed by atoms with Crippen LogP contribution in [0, 0.1) is 0 Å². The molecule has 6 heteroatoms. The maximum atomic E-state index is 6.32. The zero-order chi connectivity index (χ0) is 16.5. The molecule has 1 unspecified atom stereocenters. The smallest absolute Gasteiger partial charge is 0.231 e. The number of hydrogen-bond donors (Lipinski definition) is 1. The van der Waals surface area contributed by atoms with Crippen LogP contribution in [0.5, 0.6) is 23.0 Å². The quantitative estimate of drug-likeness (QED) is 0.920. The van der Waals surface area contributed by atoms with Crippen LogP contribution < -0.4 is 24.3 Å². The number of hydrogen-bond acceptors (Lipinski definition) is 5. The molecular formula is C18H18ClNO4. The van der Waals surface area contributed by atoms with E-state index in [1.54, 1.807) is 13.2 Å². The van der Waals surface area contributed by atoms with Gasteiger partial charge in [-0.2, -0.15) is 0 Å². The van der Waals surface area contributed by atoms with Crippen molar-refractivity contribution < 1.29 is 18.9 Å². The molecule has 0 fully saturated rings. The Morgan fingerprint density at radius 1 is 1.21 bits per heavy atom. The van der Waals surface area contributed by atoms with Crippen LogP contribution in [0.25, 0.3) is 0 Å². The molecule has 4 rings (SSSR count). The first-order valence-corrected chi connectivity index (χ1v) is 8.22. The fraction of sp³-hybridized carbons (Fsp3) is 0.333. The molecule has 0 aliphatic carbocycles. The molecule has 0 aromatic heterocycles. The van der Waals surface area contributed by atoms with Crippen LogP contribution in [0.3, 0.4) is 0 Å². The minimum absolute atomic E-state index is 0.214. The number of fused-ring (bicyclic) bond motifs is 2. The molecule has 2 aliphatic rings. The highest BCUT2D eigenvalue weighted by molar-refractivity contribution is 6.31. The van der Waals surface area contributed by atoms with Crippen molar-refractivity contribution in [1.82, 2.24) is 5.32 Å². The van der Waals surface area contributed by atoms with Gasteiger partial charge in [-0.1, -0.05) is 23.7 Å². The monoisotopic (exact) mass is 347 g/mol. The van der Waals surface area contributed by atoms with Gasteiger partial charge in [0.05, 0.1) is 7.11 Å². The summed E-state index contributed by atoms with van der Waals surface area (Å²) in [5.74, 6) is 3.07. The Kier molecular flexibility index (Phi) is 4.12. The lowest BCUT2D eigenvalue weighted by Crippen LogP contribution is -2.39. The van der Waals surface area contributed by atoms with Gasteiger partial charge in [-0.3, -0.25) is 0 Å². The van der Waals surface area contributed by atoms with E-state index in [2.05, 4.69) is 11.4 Å². The van der Waals surface area contributed by atoms with E-state index in [9.17, 15) is 0 Å². The summed E-state index contributed by atoms with van der Waals surface area (Å²) in [5.41, 5.74) is 2.13. The number of rotatable bonds is 4. The van der Waals surface area contributed by atoms with E-state index in [0.29, 0.717) is 23.9 Å². The Hall–Kier alpha value is -2.11. The molecule has 0 bridgehead atoms. The Morgan fingerprint density at radius 3 is 2.88 bits per heavy atom. The lowest BCUT2D eigenvalue weighted by molar-refractivity contribution is 0.174. The summed E-state index contributed by atoms with van der Waals surface area (Å²) in [6, 6.07) is 9.92. The van der Waals surface area contributed by atoms with E-state index in [1.165, 1.54) is 0 Å². The molecule has 2 aromatic carbocycles. The zero-order valence-corrected chi connectivity index (χ0v) is 14.1. The van der Waals surface area contributed by atoms with Crippen molar-refractivity contribution in [2.24, 2.45) is 0 Å². The first-order valence-electron chi connectivity index (χ1n) is 7.84. The van der Waals surface area contributed by atoms with Gasteiger partial charge >= 0.3 is 0 Å². The predicted octanol–water partition coefficient (Wildman–Crippen LogP) is 3.17. The Morgan fingerprint density at radius 2 is 2.04 bits per heavy atom. The molecule has 0 saturated carbocycles. The van der Waals surface area contributed by atoms with E-state index in [-0.39, 0.29) is 12.8 Å². The van der Waals surface area contributed by atoms with Crippen LogP contribution in [0.15, 0.2) is 30.3 Å². The fourth-order valence-corrected chi connectivity index (χ4v) is 3.26. The lowest BCUT2D eigenvalue weighted by Gasteiger charge is -2.27. The van der Waals surface area contributed by atoms with E-state index >= 15 is 0 Å². The highest BCUT2D eigenvalue weighted by Gasteiger charge is 2.23. The third-order valence-electron chi connectivity index (χ3n) is 4.30. The van der Waals surface area contributed by atoms with Crippen molar-refractivity contribution in [3.05, 3.63) is 46.5 Å². The van der Waals surface area contributed by atoms with Crippen molar-refractivity contribution in [1.29, 1.82) is 0 Å². The Bertz CT molecular complexity index is 765. The maximum Gasteiger partial charge on any atom is 0.231 e. The van der Waals surface area contributed by atoms with Gasteiger partial charge in [0.2, 0.25) is 6.79 Å². The van der Waals surface area contributed by atoms with Gasteiger partial charge in [-0.05, 0) is 29.7 Å². The Balaban J connectivity index is 1.44. The molecule has 2 heterocycles. The highest BCUT2D eigenvalue weighted by atomic mass is 35.5. The molecular weight excluding hydrogens is 330 g/mol. The van der Waals surface area contributed by atoms with Gasteiger partial charge < -0.3 is 24.3 Å². The average Bonchev–Trinajstić information content (AvgIpc) is 3.05. The fourth-order valence-electron chi connectivity index (χ4n) is 3.04. The molecule has 0 radical (unpaired) electrons. The molecule has 2 aromatic rings. The van der Waals surface area contributed by atoms with Crippen molar-refractivity contribution in [2.75, 3.05) is 20.5 Å². The number of halogens is 1. The molecule has 2 aliphatic heterocycles. The van der Waals surface area contributed by atoms with E-state index < -0.39 is 0 Å². The topological polar surface area (TPSA) is 49.0 Å². The number of ether oxygens (including phenoxy) is 4. The standard InChI is InChI=1S/C18H18ClNO4/c1-21-15-4-2-3-11-5-13(9-22-18(11)15)20-8-12-6-16-17(7-14(12)19)24-10-23-16/h2-4,6-7,13,20H,5,8-10H2,1H3. The minimum Gasteiger partial charge on any atom is -0.493 e. The summed E-state index contributed by atoms with van der Waals surface area (Å²) >= 11 is 6.32. The average molecular weight is 348 g/mol. The van der Waals surface area contributed by atoms with Crippen LogP contribution >= 0.6 is 11.6 Å². The Labute approximate surface area is 145 Å². The molecule has 0 saturated heterocycles. The van der Waals surface area contributed by atoms with E-state index in [1.807, 2.05) is 18.2 Å². The summed E-state index contributed by atoms with van der Waals surface area (Å²) in [6.07, 6.45) is 0.884. The van der Waals surface area contributed by atoms with Gasteiger partial charge in [0.15, 0.2) is 23.0 Å². The summed E-state index contributed by atoms with van der Waals surface area (Å²) in [6.45, 7) is 1.48. The molecule has 24 heavy (non-hydrogen) atoms. The summed E-state index contributed by atoms with van der Waals surface area (Å²) in [4.78, 5) is 0. The van der Waals surface area contributed by atoms with Gasteiger partial charge in [-0.15, -0.1) is 0 Å². The van der Waals surface area contributed by atoms with E-state index in [4.69, 9.17) is 30.5 Å². The van der Waals surface area contributed by atoms with Crippen molar-refractivity contribution in [2.45, 2.75) is 19.0 Å². The van der Waals surface area contributed by atoms with Crippen molar-refractivity contribution in [3.8, 4) is 23.0 Å². The van der Waals surface area contributed by atoms with Crippen LogP contribution in [0.4, 0.5) is 0 Å². The summed E-state index contributed by atoms with van der Waals surface area (Å²) < 4.78 is 22.0. The first-order chi connectivity index (χ1) is 11.7. The largest absolute Gasteiger partial charge is 0.493 e. The second-order valence-electron chi connectivity index (χ2n) is 5.84. The van der Waals surface area contributed by atoms with Gasteiger partial charge in [0, 0.05) is 23.7 Å². The van der Waals surface area contributed by atoms with Crippen LogP contribution in [0.2, 0.25) is 5.02 Å². The van der Waals surface area contributed by atoms with E-state index in [0.717, 1.165) is 34.8 Å². The lowest BCUT2D eigenvalue weighted by atomic mass is 10.0. The van der Waals surface area contributed by atoms with Gasteiger partial charge in [0.25, 0.3) is 0 Å². The van der Waals surface area contributed by atoms with Crippen molar-refractivity contribution in [3.63, 3.8) is 0 Å². The summed E-state index contributed by atoms with van der Waals surface area (Å²) in [7, 11) is 1.66. The molecule has 126 valence electrons. The first kappa shape index (κ1) is 15.4. The zero-order valence-electron chi connectivity index (χ0n) is 13.3. The molecule has 0 spiro atoms. The second-order valence-corrected chi connectivity index (χ2v) is 6.25. The predicted molar refractivity (Wildman–Crippen MR) is 90.4 cm³/mol. The molecule has 1 atom stereocenters. The third kappa shape index (κ3) is 2.85. The van der Waals surface area contributed by atoms with Gasteiger partial charge in [0.1, 0.15) is 6.61 Å². The van der Waals surface area contributed by atoms with Crippen LogP contribution in [0.1, 0.15) is 11.1 Å². The number of benzene rings is 2. The SMILES string of the molecule is COc1cccc2c1OCC(NCc1cc3c(cc1Cl)OCO3)C2.